The smallest absolute Gasteiger partial charge is 0.275 e. The topological polar surface area (TPSA) is 93.8 Å². The van der Waals surface area contributed by atoms with Gasteiger partial charge < -0.3 is 4.74 Å². The van der Waals surface area contributed by atoms with Crippen LogP contribution in [0, 0.1) is 10.1 Å². The molecule has 0 aliphatic carbocycles. The predicted molar refractivity (Wildman–Crippen MR) is 110 cm³/mol. The number of ether oxygens (including phenoxy) is 1. The molecule has 0 radical (unpaired) electrons. The van der Waals surface area contributed by atoms with Crippen LogP contribution in [0.4, 0.5) is 5.69 Å². The fourth-order valence-corrected chi connectivity index (χ4v) is 2.60. The molecule has 0 bridgehead atoms. The lowest BCUT2D eigenvalue weighted by Crippen LogP contribution is -2.20. The van der Waals surface area contributed by atoms with Gasteiger partial charge in [-0.1, -0.05) is 42.5 Å². The van der Waals surface area contributed by atoms with Gasteiger partial charge in [-0.05, 0) is 42.3 Å². The standard InChI is InChI=1S/C22H19N3O4/c1-16(18-11-13-19(14-12-18)25(27)28)23-24-22(26)20-9-5-6-10-21(20)29-15-17-7-3-2-4-8-17/h2-14H,15H2,1H3,(H,24,26)/b23-16-. The molecule has 1 amide bonds. The van der Waals surface area contributed by atoms with Crippen molar-refractivity contribution in [3.05, 3.63) is 106 Å². The number of hydrogen-bond donors (Lipinski definition) is 1. The van der Waals surface area contributed by atoms with E-state index < -0.39 is 10.8 Å². The van der Waals surface area contributed by atoms with E-state index in [0.717, 1.165) is 5.56 Å². The minimum atomic E-state index is -0.468. The van der Waals surface area contributed by atoms with Crippen LogP contribution in [0.15, 0.2) is 84.0 Å². The fourth-order valence-electron chi connectivity index (χ4n) is 2.60. The molecule has 29 heavy (non-hydrogen) atoms. The molecule has 0 spiro atoms. The minimum Gasteiger partial charge on any atom is -0.488 e. The summed E-state index contributed by atoms with van der Waals surface area (Å²) in [6.45, 7) is 2.05. The molecule has 0 unspecified atom stereocenters. The molecule has 3 aromatic rings. The molecule has 7 heteroatoms. The largest absolute Gasteiger partial charge is 0.488 e. The van der Waals surface area contributed by atoms with Crippen molar-refractivity contribution < 1.29 is 14.5 Å². The first-order valence-electron chi connectivity index (χ1n) is 8.90. The van der Waals surface area contributed by atoms with Gasteiger partial charge in [-0.25, -0.2) is 5.43 Å². The maximum Gasteiger partial charge on any atom is 0.275 e. The van der Waals surface area contributed by atoms with Crippen molar-refractivity contribution in [2.24, 2.45) is 5.10 Å². The average Bonchev–Trinajstić information content (AvgIpc) is 2.76. The van der Waals surface area contributed by atoms with Crippen molar-refractivity contribution in [3.8, 4) is 5.75 Å². The first-order valence-corrected chi connectivity index (χ1v) is 8.90. The minimum absolute atomic E-state index is 0.00456. The fraction of sp³-hybridized carbons (Fsp3) is 0.0909. The Morgan fingerprint density at radius 3 is 2.34 bits per heavy atom. The van der Waals surface area contributed by atoms with E-state index in [2.05, 4.69) is 10.5 Å². The third kappa shape index (κ3) is 5.26. The number of benzene rings is 3. The summed E-state index contributed by atoms with van der Waals surface area (Å²) in [7, 11) is 0. The summed E-state index contributed by atoms with van der Waals surface area (Å²) in [6.07, 6.45) is 0. The number of non-ortho nitro benzene ring substituents is 1. The van der Waals surface area contributed by atoms with E-state index in [1.54, 1.807) is 43.3 Å². The van der Waals surface area contributed by atoms with Crippen LogP contribution in [0.1, 0.15) is 28.4 Å². The van der Waals surface area contributed by atoms with Crippen molar-refractivity contribution in [1.82, 2.24) is 5.43 Å². The number of carbonyl (C=O) groups excluding carboxylic acids is 1. The third-order valence-corrected chi connectivity index (χ3v) is 4.19. The van der Waals surface area contributed by atoms with Gasteiger partial charge in [0.15, 0.2) is 0 Å². The Hall–Kier alpha value is -4.00. The molecule has 1 N–H and O–H groups in total. The molecule has 0 aliphatic rings. The number of nitrogens with zero attached hydrogens (tertiary/aromatic N) is 2. The molecule has 0 heterocycles. The second kappa shape index (κ2) is 9.27. The quantitative estimate of drug-likeness (QED) is 0.370. The van der Waals surface area contributed by atoms with Crippen LogP contribution in [0.3, 0.4) is 0 Å². The first kappa shape index (κ1) is 19.8. The lowest BCUT2D eigenvalue weighted by atomic mass is 10.1. The van der Waals surface area contributed by atoms with E-state index in [1.165, 1.54) is 12.1 Å². The van der Waals surface area contributed by atoms with Gasteiger partial charge in [0.1, 0.15) is 12.4 Å². The van der Waals surface area contributed by atoms with Gasteiger partial charge in [0, 0.05) is 12.1 Å². The maximum atomic E-state index is 12.6. The Labute approximate surface area is 167 Å². The number of rotatable bonds is 7. The van der Waals surface area contributed by atoms with Crippen LogP contribution in [-0.4, -0.2) is 16.5 Å². The van der Waals surface area contributed by atoms with E-state index in [0.29, 0.717) is 29.2 Å². The zero-order valence-electron chi connectivity index (χ0n) is 15.7. The van der Waals surface area contributed by atoms with Gasteiger partial charge in [-0.15, -0.1) is 0 Å². The van der Waals surface area contributed by atoms with Crippen molar-refractivity contribution in [2.45, 2.75) is 13.5 Å². The molecule has 3 aromatic carbocycles. The van der Waals surface area contributed by atoms with Crippen LogP contribution in [0.5, 0.6) is 5.75 Å². The molecule has 0 fully saturated rings. The van der Waals surface area contributed by atoms with Crippen LogP contribution in [0.2, 0.25) is 0 Å². The summed E-state index contributed by atoms with van der Waals surface area (Å²) >= 11 is 0. The summed E-state index contributed by atoms with van der Waals surface area (Å²) in [5.41, 5.74) is 5.06. The number of amides is 1. The predicted octanol–water partition coefficient (Wildman–Crippen LogP) is 4.33. The maximum absolute atomic E-state index is 12.6. The lowest BCUT2D eigenvalue weighted by Gasteiger charge is -2.11. The number of nitro benzene ring substituents is 1. The second-order valence-electron chi connectivity index (χ2n) is 6.21. The van der Waals surface area contributed by atoms with E-state index in [1.807, 2.05) is 30.3 Å². The van der Waals surface area contributed by atoms with Gasteiger partial charge in [-0.2, -0.15) is 5.10 Å². The number of nitro groups is 1. The van der Waals surface area contributed by atoms with Gasteiger partial charge in [0.25, 0.3) is 11.6 Å². The molecule has 0 aromatic heterocycles. The van der Waals surface area contributed by atoms with Crippen molar-refractivity contribution in [2.75, 3.05) is 0 Å². The normalized spacial score (nSPS) is 11.0. The Morgan fingerprint density at radius 2 is 1.66 bits per heavy atom. The monoisotopic (exact) mass is 389 g/mol. The van der Waals surface area contributed by atoms with Crippen LogP contribution >= 0.6 is 0 Å². The molecular weight excluding hydrogens is 370 g/mol. The highest BCUT2D eigenvalue weighted by atomic mass is 16.6. The van der Waals surface area contributed by atoms with Crippen molar-refractivity contribution in [1.29, 1.82) is 0 Å². The number of nitrogens with one attached hydrogen (secondary N) is 1. The SMILES string of the molecule is C/C(=N/NC(=O)c1ccccc1OCc1ccccc1)c1ccc([N+](=O)[O-])cc1. The number of para-hydroxylation sites is 1. The summed E-state index contributed by atoms with van der Waals surface area (Å²) in [4.78, 5) is 22.8. The van der Waals surface area contributed by atoms with E-state index in [9.17, 15) is 14.9 Å². The van der Waals surface area contributed by atoms with Gasteiger partial charge >= 0.3 is 0 Å². The highest BCUT2D eigenvalue weighted by molar-refractivity contribution is 6.01. The van der Waals surface area contributed by atoms with Crippen molar-refractivity contribution in [3.63, 3.8) is 0 Å². The molecular formula is C22H19N3O4. The zero-order valence-corrected chi connectivity index (χ0v) is 15.7. The number of hydrogen-bond acceptors (Lipinski definition) is 5. The third-order valence-electron chi connectivity index (χ3n) is 4.19. The van der Waals surface area contributed by atoms with Crippen LogP contribution in [-0.2, 0) is 6.61 Å². The Bertz CT molecular complexity index is 1030. The van der Waals surface area contributed by atoms with Gasteiger partial charge in [0.05, 0.1) is 16.2 Å². The Morgan fingerprint density at radius 1 is 1.00 bits per heavy atom. The van der Waals surface area contributed by atoms with E-state index >= 15 is 0 Å². The summed E-state index contributed by atoms with van der Waals surface area (Å²) in [6, 6.07) is 22.5. The zero-order chi connectivity index (χ0) is 20.6. The number of carbonyl (C=O) groups is 1. The molecule has 0 saturated heterocycles. The highest BCUT2D eigenvalue weighted by Crippen LogP contribution is 2.19. The molecule has 3 rings (SSSR count). The van der Waals surface area contributed by atoms with Gasteiger partial charge in [0.2, 0.25) is 0 Å². The molecule has 0 aliphatic heterocycles. The van der Waals surface area contributed by atoms with Crippen LogP contribution in [0.25, 0.3) is 0 Å². The lowest BCUT2D eigenvalue weighted by molar-refractivity contribution is -0.384. The Kier molecular flexibility index (Phi) is 6.32. The van der Waals surface area contributed by atoms with E-state index in [-0.39, 0.29) is 5.69 Å². The van der Waals surface area contributed by atoms with E-state index in [4.69, 9.17) is 4.74 Å². The second-order valence-corrected chi connectivity index (χ2v) is 6.21. The van der Waals surface area contributed by atoms with Crippen LogP contribution < -0.4 is 10.2 Å². The van der Waals surface area contributed by atoms with Gasteiger partial charge in [-0.3, -0.25) is 14.9 Å². The summed E-state index contributed by atoms with van der Waals surface area (Å²) in [5, 5.41) is 14.8. The molecule has 7 nitrogen and oxygen atoms in total. The summed E-state index contributed by atoms with van der Waals surface area (Å²) in [5.74, 6) is 0.0481. The first-order chi connectivity index (χ1) is 14.0. The molecule has 0 atom stereocenters. The molecule has 146 valence electrons. The highest BCUT2D eigenvalue weighted by Gasteiger charge is 2.12. The number of hydrazone groups is 1. The Balaban J connectivity index is 1.68. The average molecular weight is 389 g/mol. The summed E-state index contributed by atoms with van der Waals surface area (Å²) < 4.78 is 5.80. The van der Waals surface area contributed by atoms with Crippen molar-refractivity contribution >= 4 is 17.3 Å². The molecule has 0 saturated carbocycles.